The molecule has 0 rings (SSSR count). The summed E-state index contributed by atoms with van der Waals surface area (Å²) in [6.45, 7) is 4.86. The van der Waals surface area contributed by atoms with Gasteiger partial charge in [0.15, 0.2) is 0 Å². The van der Waals surface area contributed by atoms with Gasteiger partial charge < -0.3 is 19.8 Å². The van der Waals surface area contributed by atoms with Gasteiger partial charge in [-0.15, -0.1) is 0 Å². The van der Waals surface area contributed by atoms with E-state index in [1.807, 2.05) is 27.2 Å². The number of quaternary nitrogens is 1. The van der Waals surface area contributed by atoms with Crippen LogP contribution in [0.5, 0.6) is 0 Å². The fraction of sp³-hybridized carbons (Fsp3) is 0.899. The predicted molar refractivity (Wildman–Crippen MR) is 341 cm³/mol. The van der Waals surface area contributed by atoms with E-state index in [-0.39, 0.29) is 19.1 Å². The molecule has 8 nitrogen and oxygen atoms in total. The standard InChI is InChI=1S/C69H135N2O6P/c1-6-8-10-12-14-16-18-20-22-24-26-28-30-32-34-35-37-38-40-42-44-46-48-50-52-54-56-58-60-62-68(72)67(66-77-78(74,75)76-65-64-71(3,4)5)70-69(73)63-61-59-57-55-53-51-49-47-45-43-41-39-36-33-31-29-27-25-23-21-19-17-15-13-11-9-7-2/h19,21,25,27,60,62,67-68,72H,6-18,20,22-24,26,28-59,61,63-66H2,1-5H3,(H-,70,73,74,75)/p+1/b21-19-,27-25-,62-60+. The van der Waals surface area contributed by atoms with E-state index in [0.717, 1.165) is 38.5 Å². The Labute approximate surface area is 487 Å². The topological polar surface area (TPSA) is 105 Å². The Hall–Kier alpha value is -1.28. The van der Waals surface area contributed by atoms with Gasteiger partial charge in [0.05, 0.1) is 39.9 Å². The monoisotopic (exact) mass is 1120 g/mol. The van der Waals surface area contributed by atoms with E-state index in [2.05, 4.69) is 43.5 Å². The van der Waals surface area contributed by atoms with Crippen molar-refractivity contribution in [3.8, 4) is 0 Å². The Kier molecular flexibility index (Phi) is 59.3. The van der Waals surface area contributed by atoms with Crippen LogP contribution in [0.2, 0.25) is 0 Å². The van der Waals surface area contributed by atoms with Gasteiger partial charge in [-0.2, -0.15) is 0 Å². The number of nitrogens with zero attached hydrogens (tertiary/aromatic N) is 1. The van der Waals surface area contributed by atoms with Gasteiger partial charge in [0, 0.05) is 6.42 Å². The highest BCUT2D eigenvalue weighted by Crippen LogP contribution is 2.43. The average molecular weight is 1120 g/mol. The lowest BCUT2D eigenvalue weighted by Crippen LogP contribution is -2.45. The molecule has 0 fully saturated rings. The van der Waals surface area contributed by atoms with Gasteiger partial charge >= 0.3 is 7.82 Å². The lowest BCUT2D eigenvalue weighted by atomic mass is 10.0. The largest absolute Gasteiger partial charge is 0.472 e. The molecule has 462 valence electrons. The summed E-state index contributed by atoms with van der Waals surface area (Å²) in [4.78, 5) is 23.4. The van der Waals surface area contributed by atoms with Crippen LogP contribution in [-0.2, 0) is 18.4 Å². The van der Waals surface area contributed by atoms with E-state index in [9.17, 15) is 19.4 Å². The number of nitrogens with one attached hydrogen (secondary N) is 1. The summed E-state index contributed by atoms with van der Waals surface area (Å²) in [5.74, 6) is -0.171. The maximum Gasteiger partial charge on any atom is 0.472 e. The highest BCUT2D eigenvalue weighted by molar-refractivity contribution is 7.47. The average Bonchev–Trinajstić information content (AvgIpc) is 3.41. The van der Waals surface area contributed by atoms with Gasteiger partial charge in [-0.1, -0.05) is 326 Å². The number of hydrogen-bond acceptors (Lipinski definition) is 5. The van der Waals surface area contributed by atoms with Gasteiger partial charge in [0.1, 0.15) is 13.2 Å². The Morgan fingerprint density at radius 2 is 0.731 bits per heavy atom. The van der Waals surface area contributed by atoms with Crippen molar-refractivity contribution in [3.63, 3.8) is 0 Å². The van der Waals surface area contributed by atoms with Crippen LogP contribution in [0.25, 0.3) is 0 Å². The van der Waals surface area contributed by atoms with Crippen LogP contribution in [-0.4, -0.2) is 73.4 Å². The second-order valence-corrected chi connectivity index (χ2v) is 26.4. The summed E-state index contributed by atoms with van der Waals surface area (Å²) >= 11 is 0. The summed E-state index contributed by atoms with van der Waals surface area (Å²) < 4.78 is 23.8. The van der Waals surface area contributed by atoms with Crippen LogP contribution in [0.1, 0.15) is 348 Å². The molecule has 3 N–H and O–H groups in total. The number of phosphoric acid groups is 1. The molecule has 0 aromatic carbocycles. The quantitative estimate of drug-likeness (QED) is 0.0243. The molecule has 3 unspecified atom stereocenters. The third-order valence-corrected chi connectivity index (χ3v) is 16.8. The Balaban J connectivity index is 4.07. The molecule has 0 aromatic heterocycles. The summed E-state index contributed by atoms with van der Waals surface area (Å²) in [5.41, 5.74) is 0. The molecule has 0 saturated heterocycles. The zero-order valence-corrected chi connectivity index (χ0v) is 53.8. The molecule has 0 bridgehead atoms. The van der Waals surface area contributed by atoms with Gasteiger partial charge in [0.25, 0.3) is 0 Å². The third kappa shape index (κ3) is 62.3. The first-order valence-electron chi connectivity index (χ1n) is 34.4. The number of aliphatic hydroxyl groups excluding tert-OH is 1. The first-order chi connectivity index (χ1) is 38.0. The summed E-state index contributed by atoms with van der Waals surface area (Å²) in [6, 6.07) is -0.847. The Morgan fingerprint density at radius 3 is 1.05 bits per heavy atom. The van der Waals surface area contributed by atoms with Crippen molar-refractivity contribution in [3.05, 3.63) is 36.5 Å². The number of likely N-dealkylation sites (N-methyl/N-ethyl adjacent to an activating group) is 1. The predicted octanol–water partition coefficient (Wildman–Crippen LogP) is 21.7. The van der Waals surface area contributed by atoms with Crippen LogP contribution in [0.3, 0.4) is 0 Å². The number of rotatable bonds is 64. The molecule has 0 aliphatic carbocycles. The molecular weight excluding hydrogens is 984 g/mol. The number of allylic oxidation sites excluding steroid dienone is 5. The van der Waals surface area contributed by atoms with Crippen molar-refractivity contribution >= 4 is 13.7 Å². The lowest BCUT2D eigenvalue weighted by molar-refractivity contribution is -0.870. The summed E-state index contributed by atoms with van der Waals surface area (Å²) in [5, 5.41) is 14.0. The molecule has 3 atom stereocenters. The molecule has 0 aromatic rings. The van der Waals surface area contributed by atoms with Crippen molar-refractivity contribution in [1.29, 1.82) is 0 Å². The molecule has 0 radical (unpaired) electrons. The zero-order chi connectivity index (χ0) is 57.0. The van der Waals surface area contributed by atoms with Gasteiger partial charge in [0.2, 0.25) is 5.91 Å². The highest BCUT2D eigenvalue weighted by Gasteiger charge is 2.28. The number of hydrogen-bond donors (Lipinski definition) is 3. The number of amides is 1. The SMILES string of the molecule is CCCCCCC/C=C\C/C=C\CCCCCCCCCCCCCCCCCC(=O)NC(COP(=O)(O)OCC[N+](C)(C)C)C(O)/C=C/CCCCCCCCCCCCCCCCCCCCCCCCCCCCC. The number of carbonyl (C=O) groups excluding carboxylic acids is 1. The number of carbonyl (C=O) groups is 1. The van der Waals surface area contributed by atoms with Crippen molar-refractivity contribution in [2.24, 2.45) is 0 Å². The lowest BCUT2D eigenvalue weighted by Gasteiger charge is -2.25. The van der Waals surface area contributed by atoms with E-state index in [1.54, 1.807) is 6.08 Å². The first-order valence-corrected chi connectivity index (χ1v) is 35.9. The van der Waals surface area contributed by atoms with Gasteiger partial charge in [-0.25, -0.2) is 4.57 Å². The molecule has 9 heteroatoms. The molecule has 0 aliphatic heterocycles. The number of unbranched alkanes of at least 4 members (excludes halogenated alkanes) is 47. The zero-order valence-electron chi connectivity index (χ0n) is 52.9. The minimum atomic E-state index is -4.35. The third-order valence-electron chi connectivity index (χ3n) is 15.9. The summed E-state index contributed by atoms with van der Waals surface area (Å²) in [6.07, 6.45) is 80.0. The van der Waals surface area contributed by atoms with Gasteiger partial charge in [-0.3, -0.25) is 13.8 Å². The van der Waals surface area contributed by atoms with Crippen molar-refractivity contribution in [2.75, 3.05) is 40.9 Å². The van der Waals surface area contributed by atoms with Crippen LogP contribution in [0, 0.1) is 0 Å². The molecule has 0 aliphatic rings. The number of phosphoric ester groups is 1. The van der Waals surface area contributed by atoms with Crippen molar-refractivity contribution < 1.29 is 32.9 Å². The molecule has 0 spiro atoms. The molecule has 78 heavy (non-hydrogen) atoms. The van der Waals surface area contributed by atoms with Crippen LogP contribution in [0.4, 0.5) is 0 Å². The van der Waals surface area contributed by atoms with E-state index >= 15 is 0 Å². The van der Waals surface area contributed by atoms with Crippen LogP contribution in [0.15, 0.2) is 36.5 Å². The fourth-order valence-electron chi connectivity index (χ4n) is 10.5. The second kappa shape index (κ2) is 60.3. The molecule has 0 heterocycles. The smallest absolute Gasteiger partial charge is 0.387 e. The summed E-state index contributed by atoms with van der Waals surface area (Å²) in [7, 11) is 1.59. The number of aliphatic hydroxyl groups is 1. The Morgan fingerprint density at radius 1 is 0.436 bits per heavy atom. The van der Waals surface area contributed by atoms with Crippen molar-refractivity contribution in [1.82, 2.24) is 5.32 Å². The fourth-order valence-corrected chi connectivity index (χ4v) is 11.2. The van der Waals surface area contributed by atoms with E-state index < -0.39 is 20.0 Å². The van der Waals surface area contributed by atoms with E-state index in [0.29, 0.717) is 17.4 Å². The first kappa shape index (κ1) is 76.7. The van der Waals surface area contributed by atoms with E-state index in [4.69, 9.17) is 9.05 Å². The Bertz CT molecular complexity index is 1360. The maximum absolute atomic E-state index is 13.0. The van der Waals surface area contributed by atoms with Crippen molar-refractivity contribution in [2.45, 2.75) is 360 Å². The highest BCUT2D eigenvalue weighted by atomic mass is 31.2. The molecular formula is C69H136N2O6P+. The maximum atomic E-state index is 13.0. The van der Waals surface area contributed by atoms with Crippen LogP contribution < -0.4 is 5.32 Å². The van der Waals surface area contributed by atoms with E-state index in [1.165, 1.54) is 289 Å². The molecule has 0 saturated carbocycles. The molecule has 1 amide bonds. The van der Waals surface area contributed by atoms with Crippen LogP contribution >= 0.6 is 7.82 Å². The van der Waals surface area contributed by atoms with Gasteiger partial charge in [-0.05, 0) is 51.4 Å². The minimum Gasteiger partial charge on any atom is -0.387 e. The normalized spacial score (nSPS) is 13.9. The second-order valence-electron chi connectivity index (χ2n) is 24.9. The minimum absolute atomic E-state index is 0.0629.